The molecule has 1 aliphatic heterocycles. The van der Waals surface area contributed by atoms with Crippen molar-refractivity contribution in [1.82, 2.24) is 14.7 Å². The third-order valence-corrected chi connectivity index (χ3v) is 4.94. The Morgan fingerprint density at radius 1 is 1.36 bits per heavy atom. The Kier molecular flexibility index (Phi) is 7.32. The number of rotatable bonds is 8. The molecule has 1 saturated heterocycles. The summed E-state index contributed by atoms with van der Waals surface area (Å²) in [4.78, 5) is 20.4. The summed E-state index contributed by atoms with van der Waals surface area (Å²) in [7, 11) is 3.83. The van der Waals surface area contributed by atoms with Gasteiger partial charge in [-0.05, 0) is 18.5 Å². The number of methoxy groups -OCH3 is 1. The summed E-state index contributed by atoms with van der Waals surface area (Å²) in [6, 6.07) is 4.11. The Morgan fingerprint density at radius 2 is 2.14 bits per heavy atom. The van der Waals surface area contributed by atoms with Crippen molar-refractivity contribution in [3.63, 3.8) is 0 Å². The van der Waals surface area contributed by atoms with E-state index in [1.807, 2.05) is 11.0 Å². The number of thiophene rings is 1. The van der Waals surface area contributed by atoms with Gasteiger partial charge in [-0.2, -0.15) is 0 Å². The molecular weight excluding hydrogens is 298 g/mol. The van der Waals surface area contributed by atoms with Crippen LogP contribution in [-0.2, 0) is 16.1 Å². The van der Waals surface area contributed by atoms with Crippen molar-refractivity contribution in [2.24, 2.45) is 0 Å². The summed E-state index contributed by atoms with van der Waals surface area (Å²) < 4.78 is 5.14. The van der Waals surface area contributed by atoms with Crippen molar-refractivity contribution < 1.29 is 9.53 Å². The Hall–Kier alpha value is -0.950. The minimum Gasteiger partial charge on any atom is -0.383 e. The van der Waals surface area contributed by atoms with Crippen LogP contribution in [-0.4, -0.2) is 80.6 Å². The quantitative estimate of drug-likeness (QED) is 0.723. The maximum absolute atomic E-state index is 12.5. The van der Waals surface area contributed by atoms with Crippen molar-refractivity contribution in [2.45, 2.75) is 13.0 Å². The van der Waals surface area contributed by atoms with Crippen LogP contribution in [0.2, 0.25) is 0 Å². The Balaban J connectivity index is 1.79. The molecule has 0 saturated carbocycles. The van der Waals surface area contributed by atoms with Gasteiger partial charge >= 0.3 is 0 Å². The van der Waals surface area contributed by atoms with Crippen LogP contribution in [0.3, 0.4) is 0 Å². The summed E-state index contributed by atoms with van der Waals surface area (Å²) in [6.45, 7) is 7.12. The van der Waals surface area contributed by atoms with E-state index in [4.69, 9.17) is 4.74 Å². The summed E-state index contributed by atoms with van der Waals surface area (Å²) in [5, 5.41) is 2.05. The van der Waals surface area contributed by atoms with Crippen LogP contribution < -0.4 is 0 Å². The van der Waals surface area contributed by atoms with Crippen LogP contribution in [0.4, 0.5) is 0 Å². The van der Waals surface area contributed by atoms with Crippen LogP contribution in [0.15, 0.2) is 17.5 Å². The molecule has 124 valence electrons. The van der Waals surface area contributed by atoms with Gasteiger partial charge in [-0.3, -0.25) is 4.79 Å². The lowest BCUT2D eigenvalue weighted by Crippen LogP contribution is -2.45. The van der Waals surface area contributed by atoms with Gasteiger partial charge in [-0.25, -0.2) is 0 Å². The van der Waals surface area contributed by atoms with E-state index in [0.717, 1.165) is 32.7 Å². The molecule has 1 aromatic rings. The fourth-order valence-corrected chi connectivity index (χ4v) is 3.29. The SMILES string of the molecule is COCCN(Cc1cccs1)C(=O)CCN1CCN(C)CC1. The van der Waals surface area contributed by atoms with Gasteiger partial charge in [0.05, 0.1) is 13.2 Å². The first-order valence-corrected chi connectivity index (χ1v) is 8.77. The number of carbonyl (C=O) groups is 1. The van der Waals surface area contributed by atoms with Crippen molar-refractivity contribution in [3.05, 3.63) is 22.4 Å². The molecule has 0 aliphatic carbocycles. The fraction of sp³-hybridized carbons (Fsp3) is 0.688. The van der Waals surface area contributed by atoms with Gasteiger partial charge in [0, 0.05) is 57.7 Å². The van der Waals surface area contributed by atoms with Gasteiger partial charge in [0.2, 0.25) is 5.91 Å². The van der Waals surface area contributed by atoms with Gasteiger partial charge in [-0.1, -0.05) is 6.07 Å². The molecule has 0 atom stereocenters. The Morgan fingerprint density at radius 3 is 2.77 bits per heavy atom. The number of hydrogen-bond acceptors (Lipinski definition) is 5. The second-order valence-corrected chi connectivity index (χ2v) is 6.81. The van der Waals surface area contributed by atoms with Gasteiger partial charge in [0.15, 0.2) is 0 Å². The topological polar surface area (TPSA) is 36.0 Å². The van der Waals surface area contributed by atoms with Crippen molar-refractivity contribution in [2.75, 3.05) is 60.0 Å². The Labute approximate surface area is 137 Å². The number of carbonyl (C=O) groups excluding carboxylic acids is 1. The van der Waals surface area contributed by atoms with E-state index >= 15 is 0 Å². The monoisotopic (exact) mass is 325 g/mol. The van der Waals surface area contributed by atoms with Crippen LogP contribution in [0, 0.1) is 0 Å². The lowest BCUT2D eigenvalue weighted by Gasteiger charge is -2.32. The summed E-state index contributed by atoms with van der Waals surface area (Å²) in [5.41, 5.74) is 0. The van der Waals surface area contributed by atoms with E-state index in [9.17, 15) is 4.79 Å². The molecule has 0 aromatic carbocycles. The molecule has 1 aromatic heterocycles. The molecule has 0 unspecified atom stereocenters. The average Bonchev–Trinajstić information content (AvgIpc) is 3.03. The highest BCUT2D eigenvalue weighted by Gasteiger charge is 2.18. The number of hydrogen-bond donors (Lipinski definition) is 0. The zero-order chi connectivity index (χ0) is 15.8. The standard InChI is InChI=1S/C16H27N3O2S/c1-17-7-9-18(10-8-17)6-5-16(20)19(11-12-21-2)14-15-4-3-13-22-15/h3-4,13H,5-12,14H2,1-2H3. The summed E-state index contributed by atoms with van der Waals surface area (Å²) in [6.07, 6.45) is 0.596. The van der Waals surface area contributed by atoms with E-state index in [2.05, 4.69) is 28.3 Å². The first kappa shape index (κ1) is 17.4. The molecule has 2 rings (SSSR count). The average molecular weight is 325 g/mol. The highest BCUT2D eigenvalue weighted by molar-refractivity contribution is 7.09. The number of nitrogens with zero attached hydrogens (tertiary/aromatic N) is 3. The third kappa shape index (κ3) is 5.68. The fourth-order valence-electron chi connectivity index (χ4n) is 2.57. The van der Waals surface area contributed by atoms with E-state index in [1.54, 1.807) is 18.4 Å². The maximum atomic E-state index is 12.5. The molecule has 2 heterocycles. The van der Waals surface area contributed by atoms with Crippen molar-refractivity contribution in [3.8, 4) is 0 Å². The van der Waals surface area contributed by atoms with Gasteiger partial charge in [0.25, 0.3) is 0 Å². The van der Waals surface area contributed by atoms with E-state index in [0.29, 0.717) is 26.1 Å². The molecule has 0 spiro atoms. The van der Waals surface area contributed by atoms with E-state index < -0.39 is 0 Å². The minimum absolute atomic E-state index is 0.226. The predicted octanol–water partition coefficient (Wildman–Crippen LogP) is 1.36. The molecule has 22 heavy (non-hydrogen) atoms. The maximum Gasteiger partial charge on any atom is 0.224 e. The van der Waals surface area contributed by atoms with Gasteiger partial charge in [-0.15, -0.1) is 11.3 Å². The molecule has 0 bridgehead atoms. The summed E-state index contributed by atoms with van der Waals surface area (Å²) >= 11 is 1.70. The predicted molar refractivity (Wildman–Crippen MR) is 90.2 cm³/mol. The second-order valence-electron chi connectivity index (χ2n) is 5.78. The van der Waals surface area contributed by atoms with Crippen LogP contribution in [0.5, 0.6) is 0 Å². The van der Waals surface area contributed by atoms with Crippen LogP contribution in [0.1, 0.15) is 11.3 Å². The molecule has 0 radical (unpaired) electrons. The van der Waals surface area contributed by atoms with Gasteiger partial charge in [0.1, 0.15) is 0 Å². The lowest BCUT2D eigenvalue weighted by atomic mass is 10.2. The van der Waals surface area contributed by atoms with E-state index in [-0.39, 0.29) is 5.91 Å². The Bertz CT molecular complexity index is 431. The zero-order valence-corrected chi connectivity index (χ0v) is 14.5. The number of amides is 1. The van der Waals surface area contributed by atoms with E-state index in [1.165, 1.54) is 4.88 Å². The largest absolute Gasteiger partial charge is 0.383 e. The van der Waals surface area contributed by atoms with Gasteiger partial charge < -0.3 is 19.4 Å². The number of likely N-dealkylation sites (N-methyl/N-ethyl adjacent to an activating group) is 1. The minimum atomic E-state index is 0.226. The molecule has 1 fully saturated rings. The smallest absolute Gasteiger partial charge is 0.224 e. The van der Waals surface area contributed by atoms with Crippen molar-refractivity contribution >= 4 is 17.2 Å². The molecule has 1 amide bonds. The normalized spacial score (nSPS) is 16.8. The van der Waals surface area contributed by atoms with Crippen LogP contribution >= 0.6 is 11.3 Å². The molecule has 1 aliphatic rings. The second kappa shape index (κ2) is 9.25. The van der Waals surface area contributed by atoms with Crippen molar-refractivity contribution in [1.29, 1.82) is 0 Å². The summed E-state index contributed by atoms with van der Waals surface area (Å²) in [5.74, 6) is 0.226. The highest BCUT2D eigenvalue weighted by Crippen LogP contribution is 2.13. The molecular formula is C16H27N3O2S. The number of ether oxygens (including phenoxy) is 1. The number of piperazine rings is 1. The highest BCUT2D eigenvalue weighted by atomic mass is 32.1. The lowest BCUT2D eigenvalue weighted by molar-refractivity contribution is -0.132. The first-order valence-electron chi connectivity index (χ1n) is 7.89. The molecule has 5 nitrogen and oxygen atoms in total. The zero-order valence-electron chi connectivity index (χ0n) is 13.7. The molecule has 0 N–H and O–H groups in total. The third-order valence-electron chi connectivity index (χ3n) is 4.08. The first-order chi connectivity index (χ1) is 10.7. The molecule has 6 heteroatoms. The van der Waals surface area contributed by atoms with Crippen LogP contribution in [0.25, 0.3) is 0 Å².